The first-order valence-electron chi connectivity index (χ1n) is 6.16. The summed E-state index contributed by atoms with van der Waals surface area (Å²) in [4.78, 5) is 11.2. The van der Waals surface area contributed by atoms with Gasteiger partial charge in [-0.25, -0.2) is 13.4 Å². The maximum atomic E-state index is 14.7. The topological polar surface area (TPSA) is 122 Å². The van der Waals surface area contributed by atoms with Crippen molar-refractivity contribution in [2.75, 3.05) is 10.8 Å². The molecule has 2 heterocycles. The summed E-state index contributed by atoms with van der Waals surface area (Å²) in [7, 11) is -4.39. The molecule has 0 atom stereocenters. The predicted octanol–water partition coefficient (Wildman–Crippen LogP) is 0.257. The summed E-state index contributed by atoms with van der Waals surface area (Å²) in [5.74, 6) is -3.74. The van der Waals surface area contributed by atoms with Crippen LogP contribution in [0.5, 0.6) is 11.6 Å². The molecule has 0 saturated carbocycles. The van der Waals surface area contributed by atoms with E-state index in [0.717, 1.165) is 12.1 Å². The van der Waals surface area contributed by atoms with Crippen LogP contribution in [-0.2, 0) is 15.0 Å². The van der Waals surface area contributed by atoms with Gasteiger partial charge in [0.25, 0.3) is 5.91 Å². The number of rotatable bonds is 3. The zero-order valence-corrected chi connectivity index (χ0v) is 12.2. The van der Waals surface area contributed by atoms with Crippen molar-refractivity contribution in [2.24, 2.45) is 0 Å². The van der Waals surface area contributed by atoms with E-state index in [0.29, 0.717) is 4.31 Å². The largest absolute Gasteiger partial charge is 0.506 e. The smallest absolute Gasteiger partial charge is 0.388 e. The fraction of sp³-hybridized carbons (Fsp3) is 0.182. The van der Waals surface area contributed by atoms with Crippen molar-refractivity contribution in [1.29, 1.82) is 0 Å². The zero-order valence-electron chi connectivity index (χ0n) is 11.4. The first kappa shape index (κ1) is 16.0. The van der Waals surface area contributed by atoms with Gasteiger partial charge in [-0.1, -0.05) is 0 Å². The molecule has 1 aliphatic heterocycles. The first-order chi connectivity index (χ1) is 11.2. The number of hydrogen-bond donors (Lipinski definition) is 2. The quantitative estimate of drug-likeness (QED) is 0.801. The molecule has 0 unspecified atom stereocenters. The second-order valence-electron chi connectivity index (χ2n) is 4.59. The van der Waals surface area contributed by atoms with E-state index in [1.165, 1.54) is 0 Å². The van der Waals surface area contributed by atoms with Gasteiger partial charge in [0, 0.05) is 17.5 Å². The normalized spacial score (nSPS) is 16.7. The van der Waals surface area contributed by atoms with Gasteiger partial charge in [-0.15, -0.1) is 10.2 Å². The summed E-state index contributed by atoms with van der Waals surface area (Å²) in [5, 5.41) is 16.1. The van der Waals surface area contributed by atoms with Gasteiger partial charge < -0.3 is 9.84 Å². The molecule has 0 bridgehead atoms. The highest BCUT2D eigenvalue weighted by Gasteiger charge is 2.38. The number of aromatic hydroxyl groups is 1. The molecule has 0 aliphatic carbocycles. The van der Waals surface area contributed by atoms with E-state index in [9.17, 15) is 31.5 Å². The van der Waals surface area contributed by atoms with Crippen molar-refractivity contribution >= 4 is 32.7 Å². The summed E-state index contributed by atoms with van der Waals surface area (Å²) in [6.45, 7) is -3.98. The van der Waals surface area contributed by atoms with Crippen molar-refractivity contribution < 1.29 is 36.2 Å². The molecule has 1 aromatic heterocycles. The van der Waals surface area contributed by atoms with E-state index >= 15 is 0 Å². The lowest BCUT2D eigenvalue weighted by molar-refractivity contribution is -0.117. The number of hydrogen-bond acceptors (Lipinski definition) is 7. The Hall–Kier alpha value is -2.83. The number of phenols is 1. The molecule has 2 aromatic rings. The third-order valence-corrected chi connectivity index (χ3v) is 4.42. The minimum absolute atomic E-state index is 0.230. The monoisotopic (exact) mass is 364 g/mol. The molecule has 0 spiro atoms. The number of amides is 1. The fourth-order valence-electron chi connectivity index (χ4n) is 2.14. The SMILES string of the molecule is O=C1CN(c2c(O)cc3nnc(OC(F)F)cc3c2F)S(=O)(=O)N1. The maximum Gasteiger partial charge on any atom is 0.388 e. The van der Waals surface area contributed by atoms with Crippen molar-refractivity contribution in [3.8, 4) is 11.6 Å². The van der Waals surface area contributed by atoms with Crippen molar-refractivity contribution in [1.82, 2.24) is 14.9 Å². The maximum absolute atomic E-state index is 14.7. The Morgan fingerprint density at radius 2 is 2.04 bits per heavy atom. The molecule has 1 saturated heterocycles. The van der Waals surface area contributed by atoms with Crippen LogP contribution in [0.3, 0.4) is 0 Å². The highest BCUT2D eigenvalue weighted by Crippen LogP contribution is 2.38. The molecule has 1 aromatic carbocycles. The standard InChI is InChI=1S/C11H7F3N4O5S/c12-9-4-1-8(23-11(13)14)16-15-5(4)2-6(19)10(9)18-3-7(20)17-24(18,21)22/h1-2,11,19H,3H2,(H,17,20). The van der Waals surface area contributed by atoms with Crippen LogP contribution in [-0.4, -0.2) is 42.8 Å². The minimum Gasteiger partial charge on any atom is -0.506 e. The van der Waals surface area contributed by atoms with Gasteiger partial charge in [0.05, 0.1) is 0 Å². The van der Waals surface area contributed by atoms with E-state index < -0.39 is 57.8 Å². The summed E-state index contributed by atoms with van der Waals surface area (Å²) >= 11 is 0. The van der Waals surface area contributed by atoms with E-state index in [4.69, 9.17) is 0 Å². The van der Waals surface area contributed by atoms with Crippen LogP contribution in [0.4, 0.5) is 18.9 Å². The van der Waals surface area contributed by atoms with E-state index in [1.54, 1.807) is 4.72 Å². The highest BCUT2D eigenvalue weighted by molar-refractivity contribution is 7.92. The number of phenolic OH excluding ortho intramolecular Hbond substituents is 1. The van der Waals surface area contributed by atoms with Gasteiger partial charge in [-0.05, 0) is 0 Å². The van der Waals surface area contributed by atoms with Gasteiger partial charge in [-0.2, -0.15) is 17.2 Å². The fourth-order valence-corrected chi connectivity index (χ4v) is 3.30. The number of carbonyl (C=O) groups excluding carboxylic acids is 1. The molecular weight excluding hydrogens is 357 g/mol. The molecule has 1 aliphatic rings. The Kier molecular flexibility index (Phi) is 3.59. The zero-order chi connectivity index (χ0) is 17.6. The lowest BCUT2D eigenvalue weighted by Crippen LogP contribution is -2.30. The number of nitrogens with zero attached hydrogens (tertiary/aromatic N) is 3. The van der Waals surface area contributed by atoms with Crippen LogP contribution in [0.25, 0.3) is 10.9 Å². The molecule has 9 nitrogen and oxygen atoms in total. The Morgan fingerprint density at radius 3 is 2.62 bits per heavy atom. The number of nitrogens with one attached hydrogen (secondary N) is 1. The Balaban J connectivity index is 2.20. The third kappa shape index (κ3) is 2.62. The van der Waals surface area contributed by atoms with Crippen LogP contribution >= 0.6 is 0 Å². The average molecular weight is 364 g/mol. The predicted molar refractivity (Wildman–Crippen MR) is 72.2 cm³/mol. The van der Waals surface area contributed by atoms with Gasteiger partial charge in [-0.3, -0.25) is 4.79 Å². The number of fused-ring (bicyclic) bond motifs is 1. The number of carbonyl (C=O) groups is 1. The van der Waals surface area contributed by atoms with E-state index in [1.807, 2.05) is 0 Å². The lowest BCUT2D eigenvalue weighted by atomic mass is 10.1. The summed E-state index contributed by atoms with van der Waals surface area (Å²) in [6, 6.07) is 1.65. The Labute approximate surface area is 131 Å². The van der Waals surface area contributed by atoms with Gasteiger partial charge >= 0.3 is 16.8 Å². The molecule has 1 amide bonds. The number of anilines is 1. The molecule has 13 heteroatoms. The summed E-state index contributed by atoms with van der Waals surface area (Å²) < 4.78 is 68.6. The van der Waals surface area contributed by atoms with Gasteiger partial charge in [0.1, 0.15) is 23.5 Å². The highest BCUT2D eigenvalue weighted by atomic mass is 32.2. The number of aromatic nitrogens is 2. The molecule has 128 valence electrons. The first-order valence-corrected chi connectivity index (χ1v) is 7.60. The molecule has 3 rings (SSSR count). The van der Waals surface area contributed by atoms with Crippen LogP contribution in [0.15, 0.2) is 12.1 Å². The number of benzene rings is 1. The summed E-state index contributed by atoms with van der Waals surface area (Å²) in [5.41, 5.74) is -1.05. The molecule has 0 radical (unpaired) electrons. The van der Waals surface area contributed by atoms with Crippen LogP contribution in [0.1, 0.15) is 0 Å². The van der Waals surface area contributed by atoms with Gasteiger partial charge in [0.15, 0.2) is 5.82 Å². The van der Waals surface area contributed by atoms with Crippen molar-refractivity contribution in [3.63, 3.8) is 0 Å². The molecular formula is C11H7F3N4O5S. The van der Waals surface area contributed by atoms with E-state index in [-0.39, 0.29) is 5.52 Å². The Morgan fingerprint density at radius 1 is 1.33 bits per heavy atom. The second kappa shape index (κ2) is 5.36. The number of alkyl halides is 2. The molecule has 1 fully saturated rings. The van der Waals surface area contributed by atoms with Crippen LogP contribution < -0.4 is 13.8 Å². The van der Waals surface area contributed by atoms with Gasteiger partial charge in [0.2, 0.25) is 5.88 Å². The second-order valence-corrected chi connectivity index (χ2v) is 6.18. The molecule has 24 heavy (non-hydrogen) atoms. The minimum atomic E-state index is -4.39. The van der Waals surface area contributed by atoms with Crippen molar-refractivity contribution in [2.45, 2.75) is 6.61 Å². The van der Waals surface area contributed by atoms with Crippen LogP contribution in [0, 0.1) is 5.82 Å². The molecule has 2 N–H and O–H groups in total. The third-order valence-electron chi connectivity index (χ3n) is 3.04. The Bertz CT molecular complexity index is 952. The van der Waals surface area contributed by atoms with Crippen LogP contribution in [0.2, 0.25) is 0 Å². The summed E-state index contributed by atoms with van der Waals surface area (Å²) in [6.07, 6.45) is 0. The van der Waals surface area contributed by atoms with E-state index in [2.05, 4.69) is 14.9 Å². The average Bonchev–Trinajstić information content (AvgIpc) is 2.72. The van der Waals surface area contributed by atoms with Crippen molar-refractivity contribution in [3.05, 3.63) is 17.9 Å². The number of halogens is 3. The number of ether oxygens (including phenoxy) is 1. The lowest BCUT2D eigenvalue weighted by Gasteiger charge is -2.17.